The molecule has 4 nitrogen and oxygen atoms in total. The quantitative estimate of drug-likeness (QED) is 0.765. The average molecular weight is 220 g/mol. The van der Waals surface area contributed by atoms with Crippen LogP contribution in [0.15, 0.2) is 18.2 Å². The van der Waals surface area contributed by atoms with E-state index in [2.05, 4.69) is 0 Å². The molecule has 1 heterocycles. The van der Waals surface area contributed by atoms with Crippen LogP contribution in [0.1, 0.15) is 28.4 Å². The summed E-state index contributed by atoms with van der Waals surface area (Å²) in [6, 6.07) is 5.38. The van der Waals surface area contributed by atoms with Gasteiger partial charge >= 0.3 is 11.9 Å². The van der Waals surface area contributed by atoms with Crippen molar-refractivity contribution < 1.29 is 19.4 Å². The zero-order chi connectivity index (χ0) is 11.7. The molecule has 1 aromatic carbocycles. The number of carbonyl (C=O) groups is 2. The predicted octanol–water partition coefficient (Wildman–Crippen LogP) is 1.42. The molecular formula is C12H12O4. The lowest BCUT2D eigenvalue weighted by molar-refractivity contribution is -0.147. The normalized spacial score (nSPS) is 18.8. The summed E-state index contributed by atoms with van der Waals surface area (Å²) in [5, 5.41) is 8.87. The van der Waals surface area contributed by atoms with Gasteiger partial charge in [-0.25, -0.2) is 9.59 Å². The van der Waals surface area contributed by atoms with E-state index in [1.807, 2.05) is 13.0 Å². The van der Waals surface area contributed by atoms with Crippen molar-refractivity contribution in [2.75, 3.05) is 0 Å². The molecule has 1 N–H and O–H groups in total. The lowest BCUT2D eigenvalue weighted by Crippen LogP contribution is -2.34. The maximum atomic E-state index is 11.6. The Morgan fingerprint density at radius 2 is 2.31 bits per heavy atom. The van der Waals surface area contributed by atoms with Crippen LogP contribution in [-0.2, 0) is 22.4 Å². The zero-order valence-corrected chi connectivity index (χ0v) is 8.90. The third-order valence-electron chi connectivity index (χ3n) is 2.79. The van der Waals surface area contributed by atoms with Gasteiger partial charge in [0.05, 0.1) is 5.56 Å². The second-order valence-electron chi connectivity index (χ2n) is 3.73. The van der Waals surface area contributed by atoms with Gasteiger partial charge in [0.25, 0.3) is 0 Å². The number of carboxylic acids is 1. The van der Waals surface area contributed by atoms with Crippen LogP contribution in [0, 0.1) is 0 Å². The molecule has 1 aliphatic heterocycles. The second-order valence-corrected chi connectivity index (χ2v) is 3.73. The Hall–Kier alpha value is -1.84. The minimum atomic E-state index is -1.09. The van der Waals surface area contributed by atoms with Crippen molar-refractivity contribution in [3.63, 3.8) is 0 Å². The predicted molar refractivity (Wildman–Crippen MR) is 56.4 cm³/mol. The molecule has 0 saturated carbocycles. The Balaban J connectivity index is 2.46. The Labute approximate surface area is 92.8 Å². The maximum Gasteiger partial charge on any atom is 0.345 e. The van der Waals surface area contributed by atoms with Crippen molar-refractivity contribution in [2.24, 2.45) is 0 Å². The van der Waals surface area contributed by atoms with E-state index in [4.69, 9.17) is 9.84 Å². The molecular weight excluding hydrogens is 208 g/mol. The van der Waals surface area contributed by atoms with Crippen molar-refractivity contribution in [1.82, 2.24) is 0 Å². The molecule has 0 radical (unpaired) electrons. The number of rotatable bonds is 2. The topological polar surface area (TPSA) is 63.6 Å². The highest BCUT2D eigenvalue weighted by atomic mass is 16.6. The highest BCUT2D eigenvalue weighted by Gasteiger charge is 2.31. The van der Waals surface area contributed by atoms with Crippen molar-refractivity contribution in [3.8, 4) is 0 Å². The molecule has 0 amide bonds. The van der Waals surface area contributed by atoms with Crippen LogP contribution >= 0.6 is 0 Å². The number of ether oxygens (including phenoxy) is 1. The molecule has 0 aromatic heterocycles. The van der Waals surface area contributed by atoms with E-state index in [9.17, 15) is 9.59 Å². The summed E-state index contributed by atoms with van der Waals surface area (Å²) >= 11 is 0. The van der Waals surface area contributed by atoms with Crippen LogP contribution in [-0.4, -0.2) is 23.1 Å². The molecule has 1 unspecified atom stereocenters. The smallest absolute Gasteiger partial charge is 0.345 e. The van der Waals surface area contributed by atoms with Gasteiger partial charge in [-0.2, -0.15) is 0 Å². The fraction of sp³-hybridized carbons (Fsp3) is 0.333. The summed E-state index contributed by atoms with van der Waals surface area (Å²) in [7, 11) is 0. The fourth-order valence-corrected chi connectivity index (χ4v) is 1.96. The first-order chi connectivity index (χ1) is 7.63. The number of aliphatic carboxylic acids is 1. The largest absolute Gasteiger partial charge is 0.478 e. The molecule has 0 saturated heterocycles. The van der Waals surface area contributed by atoms with E-state index in [-0.39, 0.29) is 6.42 Å². The van der Waals surface area contributed by atoms with Crippen LogP contribution in [0.5, 0.6) is 0 Å². The molecule has 0 aliphatic carbocycles. The molecule has 2 rings (SSSR count). The third kappa shape index (κ3) is 1.66. The Kier molecular flexibility index (Phi) is 2.64. The van der Waals surface area contributed by atoms with E-state index in [0.717, 1.165) is 17.5 Å². The number of carbonyl (C=O) groups excluding carboxylic acids is 1. The lowest BCUT2D eigenvalue weighted by atomic mass is 9.92. The highest BCUT2D eigenvalue weighted by molar-refractivity contribution is 5.95. The van der Waals surface area contributed by atoms with Crippen LogP contribution in [0.25, 0.3) is 0 Å². The van der Waals surface area contributed by atoms with Gasteiger partial charge in [0.1, 0.15) is 0 Å². The molecule has 1 aromatic rings. The second kappa shape index (κ2) is 3.96. The number of aryl methyl sites for hydroxylation is 1. The van der Waals surface area contributed by atoms with E-state index in [0.29, 0.717) is 5.56 Å². The molecule has 84 valence electrons. The summed E-state index contributed by atoms with van der Waals surface area (Å²) in [5.74, 6) is -1.63. The summed E-state index contributed by atoms with van der Waals surface area (Å²) in [4.78, 5) is 22.4. The standard InChI is InChI=1S/C12H12O4/c1-2-7-4-3-5-8-9(7)6-10(11(13)14)16-12(8)15/h3-5,10H,2,6H2,1H3,(H,13,14). The number of hydrogen-bond acceptors (Lipinski definition) is 3. The van der Waals surface area contributed by atoms with Gasteiger partial charge in [0.15, 0.2) is 0 Å². The van der Waals surface area contributed by atoms with E-state index < -0.39 is 18.0 Å². The van der Waals surface area contributed by atoms with Crippen LogP contribution in [0.4, 0.5) is 0 Å². The van der Waals surface area contributed by atoms with Crippen LogP contribution < -0.4 is 0 Å². The van der Waals surface area contributed by atoms with E-state index >= 15 is 0 Å². The summed E-state index contributed by atoms with van der Waals surface area (Å²) in [5.41, 5.74) is 2.32. The van der Waals surface area contributed by atoms with Gasteiger partial charge in [-0.1, -0.05) is 19.1 Å². The molecule has 1 aliphatic rings. The number of hydrogen-bond donors (Lipinski definition) is 1. The van der Waals surface area contributed by atoms with Gasteiger partial charge in [0, 0.05) is 6.42 Å². The third-order valence-corrected chi connectivity index (χ3v) is 2.79. The molecule has 0 spiro atoms. The van der Waals surface area contributed by atoms with Gasteiger partial charge < -0.3 is 9.84 Å². The molecule has 0 bridgehead atoms. The van der Waals surface area contributed by atoms with Crippen molar-refractivity contribution in [2.45, 2.75) is 25.9 Å². The van der Waals surface area contributed by atoms with Gasteiger partial charge in [-0.15, -0.1) is 0 Å². The lowest BCUT2D eigenvalue weighted by Gasteiger charge is -2.23. The fourth-order valence-electron chi connectivity index (χ4n) is 1.96. The highest BCUT2D eigenvalue weighted by Crippen LogP contribution is 2.24. The van der Waals surface area contributed by atoms with Crippen molar-refractivity contribution in [3.05, 3.63) is 34.9 Å². The Morgan fingerprint density at radius 1 is 1.56 bits per heavy atom. The van der Waals surface area contributed by atoms with Gasteiger partial charge in [-0.3, -0.25) is 0 Å². The number of benzene rings is 1. The number of carboxylic acid groups (broad SMARTS) is 1. The summed E-state index contributed by atoms with van der Waals surface area (Å²) in [6.07, 6.45) is -0.00357. The minimum absolute atomic E-state index is 0.264. The molecule has 4 heteroatoms. The molecule has 0 fully saturated rings. The minimum Gasteiger partial charge on any atom is -0.478 e. The van der Waals surface area contributed by atoms with Crippen LogP contribution in [0.2, 0.25) is 0 Å². The average Bonchev–Trinajstić information content (AvgIpc) is 2.28. The number of cyclic esters (lactones) is 1. The monoisotopic (exact) mass is 220 g/mol. The maximum absolute atomic E-state index is 11.6. The van der Waals surface area contributed by atoms with Crippen molar-refractivity contribution in [1.29, 1.82) is 0 Å². The van der Waals surface area contributed by atoms with E-state index in [1.54, 1.807) is 12.1 Å². The first kappa shape index (κ1) is 10.7. The van der Waals surface area contributed by atoms with Gasteiger partial charge in [0.2, 0.25) is 6.10 Å². The van der Waals surface area contributed by atoms with E-state index in [1.165, 1.54) is 0 Å². The molecule has 1 atom stereocenters. The summed E-state index contributed by atoms with van der Waals surface area (Å²) in [6.45, 7) is 1.98. The van der Waals surface area contributed by atoms with Gasteiger partial charge in [-0.05, 0) is 23.6 Å². The first-order valence-electron chi connectivity index (χ1n) is 5.18. The Morgan fingerprint density at radius 3 is 2.94 bits per heavy atom. The SMILES string of the molecule is CCc1cccc2c1CC(C(=O)O)OC2=O. The summed E-state index contributed by atoms with van der Waals surface area (Å²) < 4.78 is 4.84. The first-order valence-corrected chi connectivity index (χ1v) is 5.18. The van der Waals surface area contributed by atoms with Crippen LogP contribution in [0.3, 0.4) is 0 Å². The number of esters is 1. The zero-order valence-electron chi connectivity index (χ0n) is 8.90. The number of fused-ring (bicyclic) bond motifs is 1. The Bertz CT molecular complexity index is 450. The molecule has 16 heavy (non-hydrogen) atoms. The van der Waals surface area contributed by atoms with Crippen molar-refractivity contribution >= 4 is 11.9 Å².